The third-order valence-electron chi connectivity index (χ3n) is 4.04. The molecule has 1 aliphatic heterocycles. The Morgan fingerprint density at radius 2 is 2.22 bits per heavy atom. The minimum atomic E-state index is -4.76. The number of aromatic nitrogens is 3. The molecule has 146 valence electrons. The third-order valence-corrected chi connectivity index (χ3v) is 4.04. The number of carbonyl (C=O) groups is 1. The molecule has 0 aliphatic carbocycles. The lowest BCUT2D eigenvalue weighted by Crippen LogP contribution is -2.42. The van der Waals surface area contributed by atoms with Crippen LogP contribution in [0.5, 0.6) is 5.75 Å². The van der Waals surface area contributed by atoms with Gasteiger partial charge in [0.2, 0.25) is 5.91 Å². The average Bonchev–Trinajstić information content (AvgIpc) is 2.95. The van der Waals surface area contributed by atoms with Gasteiger partial charge < -0.3 is 14.8 Å². The van der Waals surface area contributed by atoms with Gasteiger partial charge in [-0.15, -0.1) is 13.2 Å². The van der Waals surface area contributed by atoms with Gasteiger partial charge in [0.25, 0.3) is 0 Å². The van der Waals surface area contributed by atoms with Crippen molar-refractivity contribution in [2.45, 2.75) is 44.8 Å². The molecule has 1 aliphatic rings. The van der Waals surface area contributed by atoms with E-state index in [-0.39, 0.29) is 24.1 Å². The number of carbonyl (C=O) groups excluding carboxylic acids is 1. The highest BCUT2D eigenvalue weighted by atomic mass is 19.4. The van der Waals surface area contributed by atoms with E-state index in [0.29, 0.717) is 37.4 Å². The number of benzene rings is 1. The van der Waals surface area contributed by atoms with Crippen LogP contribution in [-0.2, 0) is 35.5 Å². The number of ether oxygens (including phenoxy) is 2. The number of rotatable bonds is 6. The maximum Gasteiger partial charge on any atom is 0.573 e. The van der Waals surface area contributed by atoms with Crippen molar-refractivity contribution in [3.05, 3.63) is 41.5 Å². The SMILES string of the molecule is COCc1nc2n(n1)CC(NC(=O)Cc1cccc(OC(F)(F)F)c1)CC2. The number of hydrogen-bond donors (Lipinski definition) is 1. The Morgan fingerprint density at radius 1 is 1.41 bits per heavy atom. The lowest BCUT2D eigenvalue weighted by atomic mass is 10.1. The molecular weight excluding hydrogens is 365 g/mol. The molecule has 10 heteroatoms. The largest absolute Gasteiger partial charge is 0.573 e. The van der Waals surface area contributed by atoms with Crippen LogP contribution in [0, 0.1) is 0 Å². The maximum absolute atomic E-state index is 12.3. The summed E-state index contributed by atoms with van der Waals surface area (Å²) in [5.74, 6) is 0.832. The minimum absolute atomic E-state index is 0.0370. The van der Waals surface area contributed by atoms with Crippen LogP contribution in [0.2, 0.25) is 0 Å². The summed E-state index contributed by atoms with van der Waals surface area (Å²) in [4.78, 5) is 16.6. The molecule has 0 saturated carbocycles. The summed E-state index contributed by atoms with van der Waals surface area (Å²) in [6, 6.07) is 5.29. The van der Waals surface area contributed by atoms with Crippen LogP contribution < -0.4 is 10.1 Å². The lowest BCUT2D eigenvalue weighted by Gasteiger charge is -2.23. The van der Waals surface area contributed by atoms with E-state index in [1.807, 2.05) is 0 Å². The van der Waals surface area contributed by atoms with Gasteiger partial charge in [-0.2, -0.15) is 5.10 Å². The molecule has 0 spiro atoms. The van der Waals surface area contributed by atoms with E-state index in [4.69, 9.17) is 4.74 Å². The van der Waals surface area contributed by atoms with Gasteiger partial charge in [-0.3, -0.25) is 4.79 Å². The van der Waals surface area contributed by atoms with E-state index in [1.54, 1.807) is 17.9 Å². The Labute approximate surface area is 153 Å². The number of methoxy groups -OCH3 is 1. The highest BCUT2D eigenvalue weighted by Gasteiger charge is 2.31. The van der Waals surface area contributed by atoms with E-state index < -0.39 is 6.36 Å². The van der Waals surface area contributed by atoms with E-state index >= 15 is 0 Å². The summed E-state index contributed by atoms with van der Waals surface area (Å²) in [6.07, 6.45) is -3.41. The summed E-state index contributed by atoms with van der Waals surface area (Å²) in [7, 11) is 1.57. The van der Waals surface area contributed by atoms with E-state index in [9.17, 15) is 18.0 Å². The van der Waals surface area contributed by atoms with Crippen molar-refractivity contribution in [3.63, 3.8) is 0 Å². The predicted molar refractivity (Wildman–Crippen MR) is 87.8 cm³/mol. The molecule has 1 amide bonds. The smallest absolute Gasteiger partial charge is 0.406 e. The summed E-state index contributed by atoms with van der Waals surface area (Å²) in [5.41, 5.74) is 0.439. The van der Waals surface area contributed by atoms with Gasteiger partial charge in [0, 0.05) is 19.6 Å². The molecule has 1 aromatic heterocycles. The fourth-order valence-electron chi connectivity index (χ4n) is 2.99. The summed E-state index contributed by atoms with van der Waals surface area (Å²) >= 11 is 0. The molecule has 1 N–H and O–H groups in total. The normalized spacial score (nSPS) is 16.7. The van der Waals surface area contributed by atoms with Crippen LogP contribution in [-0.4, -0.2) is 40.2 Å². The highest BCUT2D eigenvalue weighted by Crippen LogP contribution is 2.23. The van der Waals surface area contributed by atoms with Gasteiger partial charge in [-0.05, 0) is 24.1 Å². The van der Waals surface area contributed by atoms with E-state index in [1.165, 1.54) is 18.2 Å². The number of nitrogens with zero attached hydrogens (tertiary/aromatic N) is 3. The van der Waals surface area contributed by atoms with E-state index in [2.05, 4.69) is 20.1 Å². The van der Waals surface area contributed by atoms with Crippen molar-refractivity contribution in [1.29, 1.82) is 0 Å². The number of hydrogen-bond acceptors (Lipinski definition) is 5. The second kappa shape index (κ2) is 7.95. The quantitative estimate of drug-likeness (QED) is 0.824. The summed E-state index contributed by atoms with van der Waals surface area (Å²) in [6.45, 7) is 0.822. The monoisotopic (exact) mass is 384 g/mol. The fourth-order valence-corrected chi connectivity index (χ4v) is 2.99. The Morgan fingerprint density at radius 3 is 2.96 bits per heavy atom. The van der Waals surface area contributed by atoms with Gasteiger partial charge in [0.05, 0.1) is 13.0 Å². The van der Waals surface area contributed by atoms with Crippen molar-refractivity contribution < 1.29 is 27.4 Å². The first-order chi connectivity index (χ1) is 12.8. The third kappa shape index (κ3) is 5.43. The molecule has 1 atom stereocenters. The fraction of sp³-hybridized carbons (Fsp3) is 0.471. The Kier molecular flexibility index (Phi) is 5.64. The van der Waals surface area contributed by atoms with Gasteiger partial charge >= 0.3 is 6.36 Å². The molecule has 0 fully saturated rings. The van der Waals surface area contributed by atoms with Crippen LogP contribution in [0.4, 0.5) is 13.2 Å². The molecule has 2 aromatic rings. The number of amides is 1. The van der Waals surface area contributed by atoms with Gasteiger partial charge in [-0.25, -0.2) is 9.67 Å². The molecule has 3 rings (SSSR count). The van der Waals surface area contributed by atoms with Crippen LogP contribution in [0.1, 0.15) is 23.6 Å². The lowest BCUT2D eigenvalue weighted by molar-refractivity contribution is -0.274. The summed E-state index contributed by atoms with van der Waals surface area (Å²) in [5, 5.41) is 7.23. The Balaban J connectivity index is 1.56. The van der Waals surface area contributed by atoms with Crippen LogP contribution in [0.25, 0.3) is 0 Å². The molecule has 1 aromatic carbocycles. The molecule has 2 heterocycles. The second-order valence-electron chi connectivity index (χ2n) is 6.23. The van der Waals surface area contributed by atoms with Crippen molar-refractivity contribution in [1.82, 2.24) is 20.1 Å². The second-order valence-corrected chi connectivity index (χ2v) is 6.23. The Bertz CT molecular complexity index is 807. The van der Waals surface area contributed by atoms with Crippen molar-refractivity contribution in [2.75, 3.05) is 7.11 Å². The molecule has 1 unspecified atom stereocenters. The number of nitrogens with one attached hydrogen (secondary N) is 1. The van der Waals surface area contributed by atoms with Crippen LogP contribution in [0.3, 0.4) is 0 Å². The first kappa shape index (κ1) is 19.2. The molecule has 0 saturated heterocycles. The topological polar surface area (TPSA) is 78.3 Å². The zero-order valence-electron chi connectivity index (χ0n) is 14.6. The highest BCUT2D eigenvalue weighted by molar-refractivity contribution is 5.79. The number of fused-ring (bicyclic) bond motifs is 1. The summed E-state index contributed by atoms with van der Waals surface area (Å²) < 4.78 is 47.5. The number of aryl methyl sites for hydroxylation is 1. The first-order valence-electron chi connectivity index (χ1n) is 8.38. The average molecular weight is 384 g/mol. The van der Waals surface area contributed by atoms with Gasteiger partial charge in [-0.1, -0.05) is 12.1 Å². The minimum Gasteiger partial charge on any atom is -0.406 e. The molecule has 0 radical (unpaired) electrons. The van der Waals surface area contributed by atoms with Gasteiger partial charge in [0.1, 0.15) is 18.2 Å². The van der Waals surface area contributed by atoms with Gasteiger partial charge in [0.15, 0.2) is 5.82 Å². The molecule has 7 nitrogen and oxygen atoms in total. The van der Waals surface area contributed by atoms with Crippen LogP contribution >= 0.6 is 0 Å². The number of alkyl halides is 3. The maximum atomic E-state index is 12.3. The van der Waals surface area contributed by atoms with Crippen molar-refractivity contribution in [3.8, 4) is 5.75 Å². The molecule has 27 heavy (non-hydrogen) atoms. The first-order valence-corrected chi connectivity index (χ1v) is 8.38. The predicted octanol–water partition coefficient (Wildman–Crippen LogP) is 2.00. The van der Waals surface area contributed by atoms with E-state index in [0.717, 1.165) is 5.82 Å². The standard InChI is InChI=1S/C17H19F3N4O3/c1-26-10-14-22-15-6-5-12(9-24(15)23-14)21-16(25)8-11-3-2-4-13(7-11)27-17(18,19)20/h2-4,7,12H,5-6,8-10H2,1H3,(H,21,25). The molecular formula is C17H19F3N4O3. The van der Waals surface area contributed by atoms with Crippen molar-refractivity contribution >= 4 is 5.91 Å². The van der Waals surface area contributed by atoms with Crippen LogP contribution in [0.15, 0.2) is 24.3 Å². The zero-order chi connectivity index (χ0) is 19.4. The number of halogens is 3. The van der Waals surface area contributed by atoms with Crippen molar-refractivity contribution in [2.24, 2.45) is 0 Å². The molecule has 0 bridgehead atoms. The zero-order valence-corrected chi connectivity index (χ0v) is 14.6. The Hall–Kier alpha value is -2.62.